The summed E-state index contributed by atoms with van der Waals surface area (Å²) in [5, 5.41) is 13.1. The van der Waals surface area contributed by atoms with Crippen LogP contribution in [0.15, 0.2) is 53.2 Å². The number of hydrogen-bond donors (Lipinski definition) is 1. The van der Waals surface area contributed by atoms with Crippen molar-refractivity contribution in [2.24, 2.45) is 11.8 Å². The van der Waals surface area contributed by atoms with Gasteiger partial charge in [0.05, 0.1) is 31.5 Å². The number of nitrogens with one attached hydrogen (secondary N) is 1. The van der Waals surface area contributed by atoms with E-state index in [0.29, 0.717) is 70.2 Å². The molecule has 5 heterocycles. The van der Waals surface area contributed by atoms with Crippen molar-refractivity contribution >= 4 is 17.0 Å². The van der Waals surface area contributed by atoms with E-state index in [-0.39, 0.29) is 18.1 Å². The number of fused-ring (bicyclic) bond motifs is 3. The molecule has 0 radical (unpaired) electrons. The molecule has 10 heteroatoms. The minimum Gasteiger partial charge on any atom is -0.494 e. The molecular formula is C33H33N5O5. The van der Waals surface area contributed by atoms with Gasteiger partial charge in [-0.05, 0) is 55.1 Å². The molecule has 43 heavy (non-hydrogen) atoms. The van der Waals surface area contributed by atoms with Crippen LogP contribution in [0, 0.1) is 23.2 Å². The minimum absolute atomic E-state index is 0.0341. The van der Waals surface area contributed by atoms with Crippen molar-refractivity contribution in [2.45, 2.75) is 31.4 Å². The number of ether oxygens (including phenoxy) is 3. The number of rotatable bonds is 7. The van der Waals surface area contributed by atoms with E-state index in [1.54, 1.807) is 25.6 Å². The van der Waals surface area contributed by atoms with Crippen molar-refractivity contribution in [3.05, 3.63) is 59.9 Å². The Labute approximate surface area is 249 Å². The maximum Gasteiger partial charge on any atom is 0.253 e. The van der Waals surface area contributed by atoms with Gasteiger partial charge in [-0.1, -0.05) is 6.07 Å². The summed E-state index contributed by atoms with van der Waals surface area (Å²) in [5.74, 6) is 2.32. The molecule has 10 nitrogen and oxygen atoms in total. The van der Waals surface area contributed by atoms with Crippen LogP contribution in [0.5, 0.6) is 11.5 Å². The van der Waals surface area contributed by atoms with Gasteiger partial charge < -0.3 is 28.8 Å². The zero-order valence-corrected chi connectivity index (χ0v) is 24.2. The largest absolute Gasteiger partial charge is 0.494 e. The summed E-state index contributed by atoms with van der Waals surface area (Å²) in [7, 11) is 3.68. The third-order valence-electron chi connectivity index (χ3n) is 8.86. The average molecular weight is 580 g/mol. The summed E-state index contributed by atoms with van der Waals surface area (Å²) in [6.07, 6.45) is 6.08. The molecule has 1 N–H and O–H groups in total. The molecule has 0 spiro atoms. The molecule has 4 aromatic rings. The highest BCUT2D eigenvalue weighted by Crippen LogP contribution is 2.40. The normalized spacial score (nSPS) is 22.0. The molecular weight excluding hydrogens is 546 g/mol. The number of furan rings is 1. The number of aromatic nitrogens is 2. The molecule has 7 rings (SSSR count). The van der Waals surface area contributed by atoms with Crippen molar-refractivity contribution in [3.63, 3.8) is 0 Å². The van der Waals surface area contributed by atoms with Crippen LogP contribution >= 0.6 is 0 Å². The highest BCUT2D eigenvalue weighted by Gasteiger charge is 2.46. The summed E-state index contributed by atoms with van der Waals surface area (Å²) in [6.45, 7) is 3.34. The van der Waals surface area contributed by atoms with Crippen LogP contribution < -0.4 is 14.8 Å². The molecule has 3 atom stereocenters. The standard InChI is InChI=1S/C33H33N5O5/c1-38-17-22-12-23(18-38)30(22)37-33(39)21-13-28(40-2)31(36-16-21)29-14-26-32(43-29)25(5-8-35-26)19-3-4-27(20(11-19)15-34)42-24-6-9-41-10-7-24/h3-5,8,11,13-14,16,22-24,30H,6-7,9-10,12,17-18H2,1-2H3,(H,37,39)/t22-,23+,30-. The molecule has 2 bridgehead atoms. The summed E-state index contributed by atoms with van der Waals surface area (Å²) >= 11 is 0. The number of methoxy groups -OCH3 is 1. The zero-order chi connectivity index (χ0) is 29.5. The first kappa shape index (κ1) is 27.4. The quantitative estimate of drug-likeness (QED) is 0.333. The van der Waals surface area contributed by atoms with Gasteiger partial charge in [-0.25, -0.2) is 4.98 Å². The second-order valence-corrected chi connectivity index (χ2v) is 11.7. The van der Waals surface area contributed by atoms with Gasteiger partial charge >= 0.3 is 0 Å². The summed E-state index contributed by atoms with van der Waals surface area (Å²) < 4.78 is 23.5. The number of benzene rings is 1. The maximum absolute atomic E-state index is 13.1. The Morgan fingerprint density at radius 3 is 2.67 bits per heavy atom. The highest BCUT2D eigenvalue weighted by molar-refractivity contribution is 5.96. The van der Waals surface area contributed by atoms with Crippen molar-refractivity contribution in [3.8, 4) is 40.1 Å². The zero-order valence-electron chi connectivity index (χ0n) is 24.2. The molecule has 1 aliphatic carbocycles. The number of piperidine rings is 2. The van der Waals surface area contributed by atoms with Gasteiger partial charge in [0, 0.05) is 56.0 Å². The van der Waals surface area contributed by atoms with Crippen LogP contribution in [0.4, 0.5) is 0 Å². The SMILES string of the molecule is COc1cc(C(=O)N[C@@H]2[C@@H]3C[C@H]2CN(C)C3)cnc1-c1cc2nccc(-c3ccc(OC4CCOCC4)c(C#N)c3)c2o1. The van der Waals surface area contributed by atoms with Crippen molar-refractivity contribution < 1.29 is 23.4 Å². The second-order valence-electron chi connectivity index (χ2n) is 11.7. The fourth-order valence-corrected chi connectivity index (χ4v) is 6.65. The predicted molar refractivity (Wildman–Crippen MR) is 159 cm³/mol. The Morgan fingerprint density at radius 1 is 1.09 bits per heavy atom. The van der Waals surface area contributed by atoms with E-state index in [1.165, 1.54) is 6.42 Å². The van der Waals surface area contributed by atoms with Gasteiger partial charge in [-0.3, -0.25) is 9.78 Å². The van der Waals surface area contributed by atoms with Gasteiger partial charge in [0.2, 0.25) is 0 Å². The summed E-state index contributed by atoms with van der Waals surface area (Å²) in [4.78, 5) is 24.5. The average Bonchev–Trinajstić information content (AvgIpc) is 3.48. The second kappa shape index (κ2) is 11.3. The van der Waals surface area contributed by atoms with Crippen molar-refractivity contribution in [2.75, 3.05) is 40.5 Å². The first-order valence-corrected chi connectivity index (χ1v) is 14.7. The van der Waals surface area contributed by atoms with Gasteiger partial charge in [0.15, 0.2) is 11.3 Å². The first-order valence-electron chi connectivity index (χ1n) is 14.7. The van der Waals surface area contributed by atoms with Gasteiger partial charge in [0.1, 0.15) is 34.9 Å². The topological polar surface area (TPSA) is 123 Å². The number of carbonyl (C=O) groups is 1. The monoisotopic (exact) mass is 579 g/mol. The Kier molecular flexibility index (Phi) is 7.21. The fourth-order valence-electron chi connectivity index (χ4n) is 6.65. The number of nitrogens with zero attached hydrogens (tertiary/aromatic N) is 4. The minimum atomic E-state index is -0.146. The first-order chi connectivity index (χ1) is 21.0. The Bertz CT molecular complexity index is 1710. The highest BCUT2D eigenvalue weighted by atomic mass is 16.5. The lowest BCUT2D eigenvalue weighted by Crippen LogP contribution is -2.63. The lowest BCUT2D eigenvalue weighted by atomic mass is 9.66. The van der Waals surface area contributed by atoms with Crippen LogP contribution in [0.1, 0.15) is 35.2 Å². The number of pyridine rings is 2. The summed E-state index contributed by atoms with van der Waals surface area (Å²) in [5.41, 5.74) is 4.17. The van der Waals surface area contributed by atoms with E-state index in [4.69, 9.17) is 18.6 Å². The van der Waals surface area contributed by atoms with Gasteiger partial charge in [-0.15, -0.1) is 0 Å². The number of amides is 1. The molecule has 1 amide bonds. The molecule has 1 aromatic carbocycles. The van der Waals surface area contributed by atoms with Crippen LogP contribution in [0.3, 0.4) is 0 Å². The Hall–Kier alpha value is -4.46. The predicted octanol–water partition coefficient (Wildman–Crippen LogP) is 4.67. The third-order valence-corrected chi connectivity index (χ3v) is 8.86. The number of nitriles is 1. The Morgan fingerprint density at radius 2 is 1.91 bits per heavy atom. The van der Waals surface area contributed by atoms with Gasteiger partial charge in [0.25, 0.3) is 5.91 Å². The van der Waals surface area contributed by atoms with Crippen LogP contribution in [0.2, 0.25) is 0 Å². The number of carbonyl (C=O) groups excluding carboxylic acids is 1. The smallest absolute Gasteiger partial charge is 0.253 e. The lowest BCUT2D eigenvalue weighted by molar-refractivity contribution is -0.000576. The van der Waals surface area contributed by atoms with Crippen LogP contribution in [-0.4, -0.2) is 73.4 Å². The molecule has 2 saturated heterocycles. The fraction of sp³-hybridized carbons (Fsp3) is 0.394. The Balaban J connectivity index is 1.15. The van der Waals surface area contributed by atoms with E-state index in [2.05, 4.69) is 33.3 Å². The van der Waals surface area contributed by atoms with E-state index in [9.17, 15) is 10.1 Å². The van der Waals surface area contributed by atoms with Crippen LogP contribution in [-0.2, 0) is 4.74 Å². The van der Waals surface area contributed by atoms with Gasteiger partial charge in [-0.2, -0.15) is 5.26 Å². The molecule has 3 aliphatic rings. The lowest BCUT2D eigenvalue weighted by Gasteiger charge is -2.52. The molecule has 3 fully saturated rings. The van der Waals surface area contributed by atoms with Crippen molar-refractivity contribution in [1.29, 1.82) is 5.26 Å². The molecule has 3 aromatic heterocycles. The van der Waals surface area contributed by atoms with Crippen LogP contribution in [0.25, 0.3) is 33.7 Å². The number of likely N-dealkylation sites (tertiary alicyclic amines) is 1. The van der Waals surface area contributed by atoms with E-state index >= 15 is 0 Å². The third kappa shape index (κ3) is 5.19. The molecule has 2 aliphatic heterocycles. The molecule has 0 unspecified atom stereocenters. The molecule has 220 valence electrons. The van der Waals surface area contributed by atoms with Crippen molar-refractivity contribution in [1.82, 2.24) is 20.2 Å². The van der Waals surface area contributed by atoms with E-state index in [0.717, 1.165) is 37.1 Å². The maximum atomic E-state index is 13.1. The van der Waals surface area contributed by atoms with E-state index < -0.39 is 0 Å². The molecule has 1 saturated carbocycles. The van der Waals surface area contributed by atoms with E-state index in [1.807, 2.05) is 30.3 Å². The number of hydrogen-bond acceptors (Lipinski definition) is 9. The summed E-state index contributed by atoms with van der Waals surface area (Å²) in [6, 6.07) is 13.4.